The fourth-order valence-corrected chi connectivity index (χ4v) is 3.37. The van der Waals surface area contributed by atoms with Gasteiger partial charge in [-0.1, -0.05) is 11.8 Å². The summed E-state index contributed by atoms with van der Waals surface area (Å²) in [5.74, 6) is 5.99. The van der Waals surface area contributed by atoms with Crippen molar-refractivity contribution in [3.63, 3.8) is 0 Å². The summed E-state index contributed by atoms with van der Waals surface area (Å²) in [6, 6.07) is 4.14. The largest absolute Gasteiger partial charge is 0.469 e. The van der Waals surface area contributed by atoms with Gasteiger partial charge in [-0.15, -0.1) is 11.3 Å². The fraction of sp³-hybridized carbons (Fsp3) is 0.562. The Hall–Kier alpha value is -1.35. The van der Waals surface area contributed by atoms with Gasteiger partial charge in [0.25, 0.3) is 0 Å². The molecule has 4 nitrogen and oxygen atoms in total. The van der Waals surface area contributed by atoms with Crippen LogP contribution in [0.1, 0.15) is 29.0 Å². The molecule has 0 saturated carbocycles. The average Bonchev–Trinajstić information content (AvgIpc) is 2.95. The Morgan fingerprint density at radius 1 is 1.48 bits per heavy atom. The van der Waals surface area contributed by atoms with Crippen LogP contribution >= 0.6 is 11.3 Å². The number of rotatable bonds is 4. The number of nitrogens with zero attached hydrogens (tertiary/aromatic N) is 1. The summed E-state index contributed by atoms with van der Waals surface area (Å²) in [6.07, 6.45) is 2.27. The highest BCUT2D eigenvalue weighted by Crippen LogP contribution is 2.23. The van der Waals surface area contributed by atoms with Crippen molar-refractivity contribution in [1.29, 1.82) is 0 Å². The van der Waals surface area contributed by atoms with Crippen LogP contribution in [0.15, 0.2) is 12.1 Å². The van der Waals surface area contributed by atoms with Gasteiger partial charge in [-0.2, -0.15) is 0 Å². The molecule has 1 fully saturated rings. The van der Waals surface area contributed by atoms with E-state index in [4.69, 9.17) is 9.84 Å². The number of esters is 1. The third-order valence-electron chi connectivity index (χ3n) is 3.61. The molecule has 2 heterocycles. The van der Waals surface area contributed by atoms with Crippen molar-refractivity contribution < 1.29 is 14.6 Å². The first-order valence-electron chi connectivity index (χ1n) is 7.21. The summed E-state index contributed by atoms with van der Waals surface area (Å²) in [6.45, 7) is 2.90. The summed E-state index contributed by atoms with van der Waals surface area (Å²) in [5.41, 5.74) is 0. The van der Waals surface area contributed by atoms with E-state index in [9.17, 15) is 4.79 Å². The van der Waals surface area contributed by atoms with Crippen molar-refractivity contribution in [3.8, 4) is 11.8 Å². The van der Waals surface area contributed by atoms with E-state index in [0.717, 1.165) is 37.4 Å². The Bertz CT molecular complexity index is 521. The Balaban J connectivity index is 1.81. The quantitative estimate of drug-likeness (QED) is 0.681. The third kappa shape index (κ3) is 4.85. The number of aliphatic hydroxyl groups excluding tert-OH is 1. The van der Waals surface area contributed by atoms with Crippen LogP contribution in [-0.4, -0.2) is 42.8 Å². The topological polar surface area (TPSA) is 49.8 Å². The van der Waals surface area contributed by atoms with Gasteiger partial charge in [-0.25, -0.2) is 0 Å². The highest BCUT2D eigenvalue weighted by molar-refractivity contribution is 7.12. The summed E-state index contributed by atoms with van der Waals surface area (Å²) in [7, 11) is 1.46. The van der Waals surface area contributed by atoms with Crippen LogP contribution in [0.25, 0.3) is 0 Å². The molecule has 1 aromatic rings. The maximum absolute atomic E-state index is 11.5. The molecule has 1 aliphatic rings. The van der Waals surface area contributed by atoms with E-state index in [2.05, 4.69) is 22.8 Å². The minimum atomic E-state index is -0.0767. The van der Waals surface area contributed by atoms with E-state index < -0.39 is 0 Å². The van der Waals surface area contributed by atoms with Crippen LogP contribution in [0, 0.1) is 17.8 Å². The number of carbonyl (C=O) groups excluding carboxylic acids is 1. The van der Waals surface area contributed by atoms with Gasteiger partial charge in [0.2, 0.25) is 0 Å². The fourth-order valence-electron chi connectivity index (χ4n) is 2.45. The molecule has 0 radical (unpaired) electrons. The first-order valence-corrected chi connectivity index (χ1v) is 8.03. The number of aliphatic hydroxyl groups is 1. The second-order valence-corrected chi connectivity index (χ2v) is 6.28. The molecule has 2 rings (SSSR count). The van der Waals surface area contributed by atoms with Gasteiger partial charge < -0.3 is 9.84 Å². The first-order chi connectivity index (χ1) is 10.2. The van der Waals surface area contributed by atoms with Crippen LogP contribution in [-0.2, 0) is 16.1 Å². The van der Waals surface area contributed by atoms with Gasteiger partial charge in [0.1, 0.15) is 0 Å². The second kappa shape index (κ2) is 8.18. The lowest BCUT2D eigenvalue weighted by molar-refractivity contribution is -0.147. The third-order valence-corrected chi connectivity index (χ3v) is 4.60. The smallest absolute Gasteiger partial charge is 0.308 e. The maximum atomic E-state index is 11.5. The molecule has 0 bridgehead atoms. The zero-order valence-corrected chi connectivity index (χ0v) is 13.1. The van der Waals surface area contributed by atoms with E-state index in [1.165, 1.54) is 12.0 Å². The number of thiophene rings is 1. The van der Waals surface area contributed by atoms with Gasteiger partial charge in [0.15, 0.2) is 0 Å². The molecule has 1 N–H and O–H groups in total. The molecule has 0 unspecified atom stereocenters. The SMILES string of the molecule is COC(=O)C1CCN(Cc2ccc(C#CCCO)s2)CC1. The Labute approximate surface area is 129 Å². The first kappa shape index (κ1) is 16.0. The molecule has 0 atom stereocenters. The summed E-state index contributed by atoms with van der Waals surface area (Å²) in [4.78, 5) is 16.2. The molecule has 1 saturated heterocycles. The van der Waals surface area contributed by atoms with Crippen molar-refractivity contribution in [2.75, 3.05) is 26.8 Å². The van der Waals surface area contributed by atoms with E-state index in [1.54, 1.807) is 11.3 Å². The molecule has 0 aliphatic carbocycles. The molecule has 114 valence electrons. The number of likely N-dealkylation sites (tertiary alicyclic amines) is 1. The van der Waals surface area contributed by atoms with E-state index >= 15 is 0 Å². The number of hydrogen-bond donors (Lipinski definition) is 1. The summed E-state index contributed by atoms with van der Waals surface area (Å²) < 4.78 is 4.80. The average molecular weight is 307 g/mol. The Kier molecular flexibility index (Phi) is 6.24. The number of methoxy groups -OCH3 is 1. The molecule has 21 heavy (non-hydrogen) atoms. The standard InChI is InChI=1S/C16H21NO3S/c1-20-16(19)13-7-9-17(10-8-13)12-15-6-5-14(21-15)4-2-3-11-18/h5-6,13,18H,3,7-12H2,1H3. The minimum Gasteiger partial charge on any atom is -0.469 e. The van der Waals surface area contributed by atoms with Gasteiger partial charge in [0.05, 0.1) is 24.5 Å². The van der Waals surface area contributed by atoms with Crippen molar-refractivity contribution in [2.24, 2.45) is 5.92 Å². The number of piperidine rings is 1. The number of ether oxygens (including phenoxy) is 1. The number of carbonyl (C=O) groups is 1. The van der Waals surface area contributed by atoms with Crippen LogP contribution in [0.5, 0.6) is 0 Å². The van der Waals surface area contributed by atoms with Gasteiger partial charge in [-0.3, -0.25) is 9.69 Å². The van der Waals surface area contributed by atoms with E-state index in [0.29, 0.717) is 6.42 Å². The lowest BCUT2D eigenvalue weighted by Gasteiger charge is -2.30. The van der Waals surface area contributed by atoms with Crippen LogP contribution < -0.4 is 0 Å². The van der Waals surface area contributed by atoms with Crippen LogP contribution in [0.4, 0.5) is 0 Å². The maximum Gasteiger partial charge on any atom is 0.308 e. The lowest BCUT2D eigenvalue weighted by atomic mass is 9.97. The van der Waals surface area contributed by atoms with Crippen LogP contribution in [0.3, 0.4) is 0 Å². The zero-order chi connectivity index (χ0) is 15.1. The Morgan fingerprint density at radius 2 is 2.24 bits per heavy atom. The molecule has 0 spiro atoms. The van der Waals surface area contributed by atoms with Gasteiger partial charge in [-0.05, 0) is 38.1 Å². The lowest BCUT2D eigenvalue weighted by Crippen LogP contribution is -2.36. The minimum absolute atomic E-state index is 0.0643. The van der Waals surface area contributed by atoms with Gasteiger partial charge >= 0.3 is 5.97 Å². The molecule has 1 aliphatic heterocycles. The van der Waals surface area contributed by atoms with E-state index in [-0.39, 0.29) is 18.5 Å². The zero-order valence-electron chi connectivity index (χ0n) is 12.3. The predicted molar refractivity (Wildman–Crippen MR) is 82.9 cm³/mol. The molecule has 0 amide bonds. The van der Waals surface area contributed by atoms with Crippen molar-refractivity contribution in [2.45, 2.75) is 25.8 Å². The highest BCUT2D eigenvalue weighted by atomic mass is 32.1. The molecular formula is C16H21NO3S. The molecule has 5 heteroatoms. The highest BCUT2D eigenvalue weighted by Gasteiger charge is 2.25. The molecule has 1 aromatic heterocycles. The van der Waals surface area contributed by atoms with Crippen molar-refractivity contribution in [3.05, 3.63) is 21.9 Å². The Morgan fingerprint density at radius 3 is 2.90 bits per heavy atom. The second-order valence-electron chi connectivity index (χ2n) is 5.11. The van der Waals surface area contributed by atoms with Crippen LogP contribution in [0.2, 0.25) is 0 Å². The summed E-state index contributed by atoms with van der Waals surface area (Å²) >= 11 is 1.70. The number of hydrogen-bond acceptors (Lipinski definition) is 5. The molecule has 0 aromatic carbocycles. The van der Waals surface area contributed by atoms with E-state index in [1.807, 2.05) is 6.07 Å². The predicted octanol–water partition coefficient (Wildman–Crippen LogP) is 1.87. The molecular weight excluding hydrogens is 286 g/mol. The summed E-state index contributed by atoms with van der Waals surface area (Å²) in [5, 5.41) is 8.71. The van der Waals surface area contributed by atoms with Crippen molar-refractivity contribution >= 4 is 17.3 Å². The van der Waals surface area contributed by atoms with Crippen molar-refractivity contribution in [1.82, 2.24) is 4.90 Å². The van der Waals surface area contributed by atoms with Gasteiger partial charge in [0, 0.05) is 17.8 Å². The monoisotopic (exact) mass is 307 g/mol. The normalized spacial score (nSPS) is 16.3.